The summed E-state index contributed by atoms with van der Waals surface area (Å²) >= 11 is 0. The fourth-order valence-electron chi connectivity index (χ4n) is 1.78. The van der Waals surface area contributed by atoms with Gasteiger partial charge >= 0.3 is 0 Å². The van der Waals surface area contributed by atoms with Gasteiger partial charge in [0.2, 0.25) is 5.91 Å². The highest BCUT2D eigenvalue weighted by Gasteiger charge is 2.05. The van der Waals surface area contributed by atoms with Crippen molar-refractivity contribution in [3.8, 4) is 0 Å². The number of ether oxygens (including phenoxy) is 2. The van der Waals surface area contributed by atoms with Gasteiger partial charge in [0.15, 0.2) is 0 Å². The molecule has 22 heavy (non-hydrogen) atoms. The molecule has 6 heteroatoms. The maximum Gasteiger partial charge on any atom is 0.225 e. The van der Waals surface area contributed by atoms with Crippen LogP contribution in [-0.2, 0) is 20.9 Å². The van der Waals surface area contributed by atoms with Crippen molar-refractivity contribution in [2.24, 2.45) is 5.73 Å². The molecule has 1 rings (SSSR count). The highest BCUT2D eigenvalue weighted by atomic mass is 35.5. The number of amides is 1. The SMILES string of the molecule is CC(N)CC(=O)Nc1cccc(COCCOC(C)C)c1.Cl. The first-order chi connectivity index (χ1) is 9.97. The van der Waals surface area contributed by atoms with Gasteiger partial charge in [-0.1, -0.05) is 12.1 Å². The molecule has 0 spiro atoms. The molecular formula is C16H27ClN2O3. The number of benzene rings is 1. The topological polar surface area (TPSA) is 73.6 Å². The highest BCUT2D eigenvalue weighted by molar-refractivity contribution is 5.91. The summed E-state index contributed by atoms with van der Waals surface area (Å²) in [4.78, 5) is 11.7. The Morgan fingerprint density at radius 1 is 1.27 bits per heavy atom. The molecule has 0 saturated heterocycles. The third kappa shape index (κ3) is 9.73. The van der Waals surface area contributed by atoms with Crippen LogP contribution in [-0.4, -0.2) is 31.3 Å². The number of carbonyl (C=O) groups excluding carboxylic acids is 1. The lowest BCUT2D eigenvalue weighted by molar-refractivity contribution is -0.116. The number of anilines is 1. The molecule has 0 aliphatic rings. The number of halogens is 1. The fourth-order valence-corrected chi connectivity index (χ4v) is 1.78. The summed E-state index contributed by atoms with van der Waals surface area (Å²) in [7, 11) is 0. The molecule has 0 aliphatic heterocycles. The van der Waals surface area contributed by atoms with Gasteiger partial charge < -0.3 is 20.5 Å². The van der Waals surface area contributed by atoms with Crippen molar-refractivity contribution in [2.75, 3.05) is 18.5 Å². The third-order valence-electron chi connectivity index (χ3n) is 2.67. The largest absolute Gasteiger partial charge is 0.376 e. The molecule has 1 amide bonds. The molecule has 1 aromatic carbocycles. The van der Waals surface area contributed by atoms with E-state index in [0.717, 1.165) is 11.3 Å². The maximum atomic E-state index is 11.7. The van der Waals surface area contributed by atoms with Gasteiger partial charge in [0, 0.05) is 18.2 Å². The number of rotatable bonds is 9. The van der Waals surface area contributed by atoms with Crippen LogP contribution in [0.4, 0.5) is 5.69 Å². The quantitative estimate of drug-likeness (QED) is 0.683. The molecule has 1 atom stereocenters. The lowest BCUT2D eigenvalue weighted by atomic mass is 10.2. The minimum atomic E-state index is -0.141. The zero-order chi connectivity index (χ0) is 15.7. The summed E-state index contributed by atoms with van der Waals surface area (Å²) in [5, 5.41) is 2.83. The zero-order valence-electron chi connectivity index (χ0n) is 13.5. The summed E-state index contributed by atoms with van der Waals surface area (Å²) < 4.78 is 10.9. The van der Waals surface area contributed by atoms with Crippen LogP contribution in [0.5, 0.6) is 0 Å². The van der Waals surface area contributed by atoms with Crippen LogP contribution in [0.1, 0.15) is 32.8 Å². The summed E-state index contributed by atoms with van der Waals surface area (Å²) in [6.07, 6.45) is 0.532. The Balaban J connectivity index is 0.00000441. The fraction of sp³-hybridized carbons (Fsp3) is 0.562. The van der Waals surface area contributed by atoms with Gasteiger partial charge in [0.1, 0.15) is 0 Å². The van der Waals surface area contributed by atoms with Crippen LogP contribution < -0.4 is 11.1 Å². The van der Waals surface area contributed by atoms with E-state index in [1.165, 1.54) is 0 Å². The van der Waals surface area contributed by atoms with Gasteiger partial charge in [0.25, 0.3) is 0 Å². The first kappa shape index (κ1) is 20.9. The first-order valence-electron chi connectivity index (χ1n) is 7.31. The van der Waals surface area contributed by atoms with Crippen LogP contribution in [0.2, 0.25) is 0 Å². The number of hydrogen-bond donors (Lipinski definition) is 2. The third-order valence-corrected chi connectivity index (χ3v) is 2.67. The minimum Gasteiger partial charge on any atom is -0.376 e. The predicted octanol–water partition coefficient (Wildman–Crippen LogP) is 2.73. The summed E-state index contributed by atoms with van der Waals surface area (Å²) in [6, 6.07) is 7.47. The van der Waals surface area contributed by atoms with Crippen LogP contribution in [0, 0.1) is 0 Å². The molecule has 0 bridgehead atoms. The van der Waals surface area contributed by atoms with Crippen molar-refractivity contribution in [3.63, 3.8) is 0 Å². The highest BCUT2D eigenvalue weighted by Crippen LogP contribution is 2.12. The van der Waals surface area contributed by atoms with E-state index in [-0.39, 0.29) is 30.5 Å². The number of carbonyl (C=O) groups is 1. The second-order valence-electron chi connectivity index (χ2n) is 5.40. The van der Waals surface area contributed by atoms with E-state index in [4.69, 9.17) is 15.2 Å². The predicted molar refractivity (Wildman–Crippen MR) is 91.3 cm³/mol. The molecule has 3 N–H and O–H groups in total. The number of hydrogen-bond acceptors (Lipinski definition) is 4. The number of nitrogens with two attached hydrogens (primary N) is 1. The lowest BCUT2D eigenvalue weighted by Crippen LogP contribution is -2.24. The second-order valence-corrected chi connectivity index (χ2v) is 5.40. The van der Waals surface area contributed by atoms with Gasteiger partial charge in [-0.05, 0) is 38.5 Å². The number of nitrogens with one attached hydrogen (secondary N) is 1. The molecule has 0 heterocycles. The molecular weight excluding hydrogens is 304 g/mol. The first-order valence-corrected chi connectivity index (χ1v) is 7.31. The zero-order valence-corrected chi connectivity index (χ0v) is 14.3. The van der Waals surface area contributed by atoms with Crippen molar-refractivity contribution in [2.45, 2.75) is 45.9 Å². The second kappa shape index (κ2) is 11.4. The average Bonchev–Trinajstić information content (AvgIpc) is 2.37. The molecule has 1 unspecified atom stereocenters. The lowest BCUT2D eigenvalue weighted by Gasteiger charge is -2.10. The van der Waals surface area contributed by atoms with Crippen LogP contribution in [0.15, 0.2) is 24.3 Å². The summed E-state index contributed by atoms with van der Waals surface area (Å²) in [5.74, 6) is -0.0756. The minimum absolute atomic E-state index is 0. The molecule has 0 radical (unpaired) electrons. The van der Waals surface area contributed by atoms with Crippen LogP contribution in [0.3, 0.4) is 0 Å². The van der Waals surface area contributed by atoms with E-state index in [2.05, 4.69) is 5.32 Å². The maximum absolute atomic E-state index is 11.7. The molecule has 5 nitrogen and oxygen atoms in total. The van der Waals surface area contributed by atoms with Gasteiger partial charge in [-0.15, -0.1) is 12.4 Å². The van der Waals surface area contributed by atoms with E-state index in [9.17, 15) is 4.79 Å². The van der Waals surface area contributed by atoms with Crippen molar-refractivity contribution >= 4 is 24.0 Å². The normalized spacial score (nSPS) is 11.9. The molecule has 0 aromatic heterocycles. The smallest absolute Gasteiger partial charge is 0.225 e. The Bertz CT molecular complexity index is 439. The van der Waals surface area contributed by atoms with Crippen molar-refractivity contribution in [3.05, 3.63) is 29.8 Å². The van der Waals surface area contributed by atoms with Crippen molar-refractivity contribution in [1.29, 1.82) is 0 Å². The van der Waals surface area contributed by atoms with E-state index in [1.54, 1.807) is 0 Å². The van der Waals surface area contributed by atoms with Crippen LogP contribution >= 0.6 is 12.4 Å². The molecule has 126 valence electrons. The van der Waals surface area contributed by atoms with Crippen molar-refractivity contribution < 1.29 is 14.3 Å². The average molecular weight is 331 g/mol. The van der Waals surface area contributed by atoms with E-state index in [0.29, 0.717) is 26.2 Å². The van der Waals surface area contributed by atoms with Gasteiger partial charge in [-0.2, -0.15) is 0 Å². The van der Waals surface area contributed by atoms with Gasteiger partial charge in [0.05, 0.1) is 25.9 Å². The molecule has 0 saturated carbocycles. The van der Waals surface area contributed by atoms with E-state index >= 15 is 0 Å². The monoisotopic (exact) mass is 330 g/mol. The Labute approximate surface area is 139 Å². The Morgan fingerprint density at radius 2 is 2.00 bits per heavy atom. The Kier molecular flexibility index (Phi) is 10.8. The summed E-state index contributed by atoms with van der Waals surface area (Å²) in [6.45, 7) is 7.44. The van der Waals surface area contributed by atoms with Crippen LogP contribution in [0.25, 0.3) is 0 Å². The molecule has 0 fully saturated rings. The van der Waals surface area contributed by atoms with E-state index in [1.807, 2.05) is 45.0 Å². The Hall–Kier alpha value is -1.14. The standard InChI is InChI=1S/C16H26N2O3.ClH/c1-12(2)21-8-7-20-11-14-5-4-6-15(10-14)18-16(19)9-13(3)17;/h4-6,10,12-13H,7-9,11,17H2,1-3H3,(H,18,19);1H. The summed E-state index contributed by atoms with van der Waals surface area (Å²) in [5.41, 5.74) is 7.38. The van der Waals surface area contributed by atoms with Crippen molar-refractivity contribution in [1.82, 2.24) is 0 Å². The Morgan fingerprint density at radius 3 is 2.64 bits per heavy atom. The molecule has 1 aromatic rings. The molecule has 0 aliphatic carbocycles. The van der Waals surface area contributed by atoms with Gasteiger partial charge in [-0.3, -0.25) is 4.79 Å². The van der Waals surface area contributed by atoms with E-state index < -0.39 is 0 Å². The van der Waals surface area contributed by atoms with Gasteiger partial charge in [-0.25, -0.2) is 0 Å².